The first kappa shape index (κ1) is 20.7. The maximum atomic E-state index is 9.52. The summed E-state index contributed by atoms with van der Waals surface area (Å²) in [5.41, 5.74) is 2.27. The highest BCUT2D eigenvalue weighted by Gasteiger charge is 2.10. The number of halogens is 1. The van der Waals surface area contributed by atoms with Crippen LogP contribution in [0.2, 0.25) is 0 Å². The predicted octanol–water partition coefficient (Wildman–Crippen LogP) is 3.79. The quantitative estimate of drug-likeness (QED) is 0.295. The predicted molar refractivity (Wildman–Crippen MR) is 114 cm³/mol. The van der Waals surface area contributed by atoms with E-state index in [1.54, 1.807) is 12.4 Å². The van der Waals surface area contributed by atoms with Crippen LogP contribution in [0.1, 0.15) is 6.42 Å². The van der Waals surface area contributed by atoms with Crippen LogP contribution >= 0.6 is 12.4 Å². The van der Waals surface area contributed by atoms with E-state index in [-0.39, 0.29) is 12.4 Å². The van der Waals surface area contributed by atoms with Gasteiger partial charge in [-0.15, -0.1) is 12.4 Å². The van der Waals surface area contributed by atoms with E-state index in [0.29, 0.717) is 40.1 Å². The maximum absolute atomic E-state index is 9.52. The summed E-state index contributed by atoms with van der Waals surface area (Å²) >= 11 is 0. The largest absolute Gasteiger partial charge is 0.494 e. The molecular formula is C21H23ClN4O3. The van der Waals surface area contributed by atoms with Crippen LogP contribution in [0.15, 0.2) is 64.6 Å². The van der Waals surface area contributed by atoms with Gasteiger partial charge in [-0.3, -0.25) is 0 Å². The highest BCUT2D eigenvalue weighted by atomic mass is 35.5. The third-order valence-corrected chi connectivity index (χ3v) is 4.51. The van der Waals surface area contributed by atoms with E-state index >= 15 is 0 Å². The van der Waals surface area contributed by atoms with Gasteiger partial charge in [0.2, 0.25) is 0 Å². The lowest BCUT2D eigenvalue weighted by Gasteiger charge is -2.11. The normalized spacial score (nSPS) is 11.9. The zero-order valence-electron chi connectivity index (χ0n) is 16.3. The summed E-state index contributed by atoms with van der Waals surface area (Å²) in [6.45, 7) is 1.58. The summed E-state index contributed by atoms with van der Waals surface area (Å²) in [6, 6.07) is 13.1. The van der Waals surface area contributed by atoms with Gasteiger partial charge >= 0.3 is 0 Å². The summed E-state index contributed by atoms with van der Waals surface area (Å²) in [5.74, 6) is 1.25. The second-order valence-electron chi connectivity index (χ2n) is 6.87. The Morgan fingerprint density at radius 2 is 2.07 bits per heavy atom. The van der Waals surface area contributed by atoms with E-state index in [1.807, 2.05) is 61.1 Å². The third kappa shape index (κ3) is 4.52. The van der Waals surface area contributed by atoms with Crippen LogP contribution in [0.25, 0.3) is 27.9 Å². The van der Waals surface area contributed by atoms with Gasteiger partial charge in [0.1, 0.15) is 22.4 Å². The fraction of sp³-hybridized carbons (Fsp3) is 0.238. The van der Waals surface area contributed by atoms with Crippen LogP contribution in [0.4, 0.5) is 0 Å². The Bertz CT molecular complexity index is 1180. The Balaban J connectivity index is 0.00000240. The first-order valence-electron chi connectivity index (χ1n) is 9.11. The Morgan fingerprint density at radius 3 is 2.86 bits per heavy atom. The average Bonchev–Trinajstić information content (AvgIpc) is 3.18. The van der Waals surface area contributed by atoms with Crippen molar-refractivity contribution in [3.8, 4) is 17.2 Å². The van der Waals surface area contributed by atoms with E-state index in [9.17, 15) is 5.21 Å². The number of rotatable bonds is 6. The molecule has 152 valence electrons. The Hall–Kier alpha value is -3.03. The molecule has 0 radical (unpaired) electrons. The lowest BCUT2D eigenvalue weighted by molar-refractivity contribution is 0.281. The number of hydrogen-bond acceptors (Lipinski definition) is 6. The molecule has 8 heteroatoms. The molecule has 29 heavy (non-hydrogen) atoms. The fourth-order valence-electron chi connectivity index (χ4n) is 3.09. The van der Waals surface area contributed by atoms with Crippen LogP contribution in [-0.4, -0.2) is 46.7 Å². The minimum atomic E-state index is 0. The molecule has 7 nitrogen and oxygen atoms in total. The maximum Gasteiger partial charge on any atom is 0.155 e. The molecule has 0 atom stereocenters. The van der Waals surface area contributed by atoms with Crippen molar-refractivity contribution in [2.24, 2.45) is 5.16 Å². The summed E-state index contributed by atoms with van der Waals surface area (Å²) in [6.07, 6.45) is 4.59. The first-order chi connectivity index (χ1) is 13.6. The minimum absolute atomic E-state index is 0. The molecule has 3 heterocycles. The van der Waals surface area contributed by atoms with Crippen molar-refractivity contribution in [1.82, 2.24) is 14.3 Å². The molecule has 0 amide bonds. The molecule has 4 rings (SSSR count). The number of nitrogens with zero attached hydrogens (tertiary/aromatic N) is 4. The van der Waals surface area contributed by atoms with Crippen molar-refractivity contribution in [2.45, 2.75) is 6.42 Å². The van der Waals surface area contributed by atoms with Gasteiger partial charge in [-0.1, -0.05) is 5.16 Å². The highest BCUT2D eigenvalue weighted by molar-refractivity contribution is 5.85. The smallest absolute Gasteiger partial charge is 0.155 e. The summed E-state index contributed by atoms with van der Waals surface area (Å²) in [4.78, 5) is 6.55. The van der Waals surface area contributed by atoms with Gasteiger partial charge in [-0.25, -0.2) is 4.98 Å². The summed E-state index contributed by atoms with van der Waals surface area (Å²) < 4.78 is 13.8. The molecule has 1 N–H and O–H groups in total. The molecule has 0 aliphatic rings. The van der Waals surface area contributed by atoms with Crippen molar-refractivity contribution >= 4 is 28.9 Å². The van der Waals surface area contributed by atoms with Gasteiger partial charge < -0.3 is 23.7 Å². The number of ether oxygens (including phenoxy) is 1. The third-order valence-electron chi connectivity index (χ3n) is 4.51. The van der Waals surface area contributed by atoms with Gasteiger partial charge in [0.05, 0.1) is 18.3 Å². The fourth-order valence-corrected chi connectivity index (χ4v) is 3.09. The second kappa shape index (κ2) is 8.98. The Kier molecular flexibility index (Phi) is 6.41. The number of benzene rings is 1. The van der Waals surface area contributed by atoms with Crippen molar-refractivity contribution in [3.05, 3.63) is 60.3 Å². The van der Waals surface area contributed by atoms with Crippen LogP contribution < -0.4 is 10.1 Å². The molecule has 1 aromatic carbocycles. The number of aromatic nitrogens is 2. The Labute approximate surface area is 174 Å². The van der Waals surface area contributed by atoms with Gasteiger partial charge in [-0.05, 0) is 56.9 Å². The van der Waals surface area contributed by atoms with Crippen LogP contribution in [0, 0.1) is 0 Å². The van der Waals surface area contributed by atoms with E-state index in [1.165, 1.54) is 0 Å². The molecule has 0 saturated carbocycles. The first-order valence-corrected chi connectivity index (χ1v) is 9.11. The molecular weight excluding hydrogens is 392 g/mol. The van der Waals surface area contributed by atoms with E-state index in [4.69, 9.17) is 9.15 Å². The molecule has 0 spiro atoms. The van der Waals surface area contributed by atoms with Gasteiger partial charge in [0.15, 0.2) is 5.76 Å². The highest BCUT2D eigenvalue weighted by Crippen LogP contribution is 2.24. The molecule has 0 saturated heterocycles. The minimum Gasteiger partial charge on any atom is -0.494 e. The lowest BCUT2D eigenvalue weighted by atomic mass is 10.2. The molecule has 0 aliphatic heterocycles. The molecule has 0 aliphatic carbocycles. The van der Waals surface area contributed by atoms with Gasteiger partial charge in [0, 0.05) is 24.3 Å². The number of hydrogen-bond donors (Lipinski definition) is 1. The van der Waals surface area contributed by atoms with E-state index < -0.39 is 0 Å². The molecule has 0 fully saturated rings. The monoisotopic (exact) mass is 414 g/mol. The van der Waals surface area contributed by atoms with Crippen molar-refractivity contribution in [3.63, 3.8) is 0 Å². The molecule has 3 aromatic heterocycles. The number of fused-ring (bicyclic) bond motifs is 2. The van der Waals surface area contributed by atoms with Crippen molar-refractivity contribution in [1.29, 1.82) is 0 Å². The van der Waals surface area contributed by atoms with Crippen LogP contribution in [0.5, 0.6) is 5.75 Å². The van der Waals surface area contributed by atoms with Crippen molar-refractivity contribution < 1.29 is 14.4 Å². The van der Waals surface area contributed by atoms with Crippen LogP contribution in [0.3, 0.4) is 0 Å². The van der Waals surface area contributed by atoms with Crippen molar-refractivity contribution in [2.75, 3.05) is 27.2 Å². The van der Waals surface area contributed by atoms with E-state index in [0.717, 1.165) is 18.5 Å². The second-order valence-corrected chi connectivity index (χ2v) is 6.87. The summed E-state index contributed by atoms with van der Waals surface area (Å²) in [5, 5.41) is 14.1. The topological polar surface area (TPSA) is 75.5 Å². The average molecular weight is 415 g/mol. The molecule has 0 bridgehead atoms. The van der Waals surface area contributed by atoms with Gasteiger partial charge in [-0.2, -0.15) is 0 Å². The summed E-state index contributed by atoms with van der Waals surface area (Å²) in [7, 11) is 4.07. The molecule has 0 unspecified atom stereocenters. The lowest BCUT2D eigenvalue weighted by Crippen LogP contribution is -2.15. The Morgan fingerprint density at radius 1 is 1.21 bits per heavy atom. The SMILES string of the molecule is CN(C)CCCOc1ccc2oc(-c3cc4cccn4cn3)cc(=NO)c2c1.Cl. The van der Waals surface area contributed by atoms with Crippen LogP contribution in [-0.2, 0) is 0 Å². The standard InChI is InChI=1S/C21H22N4O3.ClH/c1-24(2)8-4-10-27-16-6-7-20-17(12-16)18(23-26)13-21(28-20)19-11-15-5-3-9-25(15)14-22-19;/h3,5-7,9,11-14,26H,4,8,10H2,1-2H3;1H. The zero-order chi connectivity index (χ0) is 19.5. The van der Waals surface area contributed by atoms with E-state index in [2.05, 4.69) is 15.0 Å². The zero-order valence-corrected chi connectivity index (χ0v) is 17.1. The van der Waals surface area contributed by atoms with Gasteiger partial charge in [0.25, 0.3) is 0 Å². The molecule has 4 aromatic rings.